The number of aromatic nitrogens is 2. The van der Waals surface area contributed by atoms with Crippen LogP contribution in [-0.2, 0) is 20.1 Å². The van der Waals surface area contributed by atoms with Gasteiger partial charge >= 0.3 is 106 Å². The Morgan fingerprint density at radius 3 is 2.35 bits per heavy atom. The van der Waals surface area contributed by atoms with E-state index in [9.17, 15) is 0 Å². The SMILES string of the molecule is Cc1cc(-c2[c-]cccc2)nc[c]1[Ge]([CH3])([CH3])[CH3].[2H]C(C)(c1ccnc(-c2[c-]ccc3c2sc2c3ccc3cccc(C)c32)c1)C1CCC1.[Ir]. The van der Waals surface area contributed by atoms with E-state index in [1.54, 1.807) is 0 Å². The minimum absolute atomic E-state index is 0. The number of hydrogen-bond donors (Lipinski definition) is 0. The van der Waals surface area contributed by atoms with E-state index < -0.39 is 19.2 Å². The molecule has 8 rings (SSSR count). The standard InChI is InChI=1S/C28H24NS.C15H18GeN.Ir/c1-17-6-3-9-20-12-13-23-22-10-5-11-24(27(22)30-28(23)26(17)20)25-16-21(14-15-29-25)18(2)19-7-4-8-19;1-12-10-15(13-8-6-5-7-9-13)17-11-14(12)16(2,3)4;/h3,5-6,9-10,12-16,18-19H,4,7-8H2,1-2H3;5-8,10-11H,1-4H3;/q2*-1;/i18D;;. The van der Waals surface area contributed by atoms with Crippen LogP contribution in [0.1, 0.15) is 50.1 Å². The van der Waals surface area contributed by atoms with E-state index in [0.717, 1.165) is 40.9 Å². The first-order chi connectivity index (χ1) is 23.0. The van der Waals surface area contributed by atoms with Gasteiger partial charge < -0.3 is 4.98 Å². The summed E-state index contributed by atoms with van der Waals surface area (Å²) in [5.74, 6) is 7.09. The molecule has 5 heteroatoms. The Balaban J connectivity index is 0.000000198. The van der Waals surface area contributed by atoms with Crippen LogP contribution >= 0.6 is 11.3 Å². The van der Waals surface area contributed by atoms with Gasteiger partial charge in [0.25, 0.3) is 0 Å². The molecular weight excluding hydrogens is 841 g/mol. The van der Waals surface area contributed by atoms with Gasteiger partial charge in [-0.15, -0.1) is 23.8 Å². The zero-order valence-corrected chi connectivity index (χ0v) is 33.9. The van der Waals surface area contributed by atoms with Gasteiger partial charge in [-0.05, 0) is 64.4 Å². The predicted octanol–water partition coefficient (Wildman–Crippen LogP) is 11.7. The van der Waals surface area contributed by atoms with Gasteiger partial charge in [-0.3, -0.25) is 0 Å². The van der Waals surface area contributed by atoms with Crippen molar-refractivity contribution in [3.63, 3.8) is 0 Å². The van der Waals surface area contributed by atoms with Gasteiger partial charge in [0.1, 0.15) is 0 Å². The molecule has 0 amide bonds. The van der Waals surface area contributed by atoms with E-state index in [1.165, 1.54) is 52.9 Å². The molecule has 2 nitrogen and oxygen atoms in total. The molecule has 245 valence electrons. The Kier molecular flexibility index (Phi) is 9.99. The number of hydrogen-bond acceptors (Lipinski definition) is 3. The number of pyridine rings is 2. The Morgan fingerprint density at radius 2 is 1.65 bits per heavy atom. The first-order valence-corrected chi connectivity index (χ1v) is 24.8. The quantitative estimate of drug-likeness (QED) is 0.127. The predicted molar refractivity (Wildman–Crippen MR) is 206 cm³/mol. The summed E-state index contributed by atoms with van der Waals surface area (Å²) in [5, 5.41) is 5.19. The largest absolute Gasteiger partial charge is 0.305 e. The zero-order chi connectivity index (χ0) is 33.6. The smallest absolute Gasteiger partial charge is 0.0352 e. The molecule has 1 aliphatic rings. The molecule has 4 aromatic carbocycles. The van der Waals surface area contributed by atoms with Crippen LogP contribution < -0.4 is 4.40 Å². The van der Waals surface area contributed by atoms with Crippen molar-refractivity contribution in [1.82, 2.24) is 9.97 Å². The normalized spacial score (nSPS) is 14.8. The molecule has 0 aliphatic heterocycles. The molecule has 48 heavy (non-hydrogen) atoms. The molecule has 0 N–H and O–H groups in total. The minimum atomic E-state index is -1.77. The van der Waals surface area contributed by atoms with E-state index in [-0.39, 0.29) is 20.1 Å². The monoisotopic (exact) mass is 886 g/mol. The van der Waals surface area contributed by atoms with Gasteiger partial charge in [-0.25, -0.2) is 0 Å². The second kappa shape index (κ2) is 14.4. The van der Waals surface area contributed by atoms with E-state index in [2.05, 4.69) is 116 Å². The zero-order valence-electron chi connectivity index (χ0n) is 29.6. The van der Waals surface area contributed by atoms with Crippen LogP contribution in [0.15, 0.2) is 97.3 Å². The second-order valence-corrected chi connectivity index (χ2v) is 25.6. The Bertz CT molecular complexity index is 2270. The minimum Gasteiger partial charge on any atom is -0.305 e. The molecule has 0 saturated heterocycles. The first-order valence-electron chi connectivity index (χ1n) is 17.2. The average Bonchev–Trinajstić information content (AvgIpc) is 3.43. The van der Waals surface area contributed by atoms with Crippen molar-refractivity contribution < 1.29 is 21.5 Å². The van der Waals surface area contributed by atoms with E-state index in [1.807, 2.05) is 47.9 Å². The van der Waals surface area contributed by atoms with Crippen molar-refractivity contribution in [2.75, 3.05) is 0 Å². The van der Waals surface area contributed by atoms with Gasteiger partial charge in [0, 0.05) is 37.8 Å². The van der Waals surface area contributed by atoms with Crippen LogP contribution in [-0.4, -0.2) is 23.2 Å². The molecule has 1 aliphatic carbocycles. The molecule has 3 heterocycles. The molecule has 0 bridgehead atoms. The number of rotatable bonds is 5. The Hall–Kier alpha value is -3.15. The summed E-state index contributed by atoms with van der Waals surface area (Å²) in [6.45, 7) is 6.45. The average molecular weight is 885 g/mol. The second-order valence-electron chi connectivity index (χ2n) is 14.0. The summed E-state index contributed by atoms with van der Waals surface area (Å²) < 4.78 is 13.1. The molecule has 1 radical (unpaired) electrons. The first kappa shape index (κ1) is 33.4. The summed E-state index contributed by atoms with van der Waals surface area (Å²) in [6, 6.07) is 36.2. The fraction of sp³-hybridized carbons (Fsp3) is 0.256. The summed E-state index contributed by atoms with van der Waals surface area (Å²) in [6.07, 6.45) is 7.50. The summed E-state index contributed by atoms with van der Waals surface area (Å²) in [5.41, 5.74) is 7.82. The van der Waals surface area contributed by atoms with Crippen LogP contribution in [0.3, 0.4) is 0 Å². The Morgan fingerprint density at radius 1 is 0.833 bits per heavy atom. The van der Waals surface area contributed by atoms with Gasteiger partial charge in [0.2, 0.25) is 0 Å². The van der Waals surface area contributed by atoms with Crippen molar-refractivity contribution >= 4 is 59.9 Å². The van der Waals surface area contributed by atoms with Crippen LogP contribution in [0.25, 0.3) is 53.5 Å². The van der Waals surface area contributed by atoms with Crippen LogP contribution in [0, 0.1) is 31.9 Å². The fourth-order valence-electron chi connectivity index (χ4n) is 6.87. The molecule has 0 spiro atoms. The van der Waals surface area contributed by atoms with E-state index >= 15 is 0 Å². The molecule has 3 aromatic heterocycles. The third-order valence-electron chi connectivity index (χ3n) is 9.74. The van der Waals surface area contributed by atoms with Crippen molar-refractivity contribution in [3.05, 3.63) is 126 Å². The number of fused-ring (bicyclic) bond motifs is 5. The van der Waals surface area contributed by atoms with Crippen molar-refractivity contribution in [3.8, 4) is 22.5 Å². The Labute approximate surface area is 307 Å². The number of benzene rings is 4. The summed E-state index contributed by atoms with van der Waals surface area (Å²) in [7, 11) is 0. The van der Waals surface area contributed by atoms with Gasteiger partial charge in [-0.1, -0.05) is 60.7 Å². The van der Waals surface area contributed by atoms with Gasteiger partial charge in [0.05, 0.1) is 0 Å². The number of nitrogens with zero attached hydrogens (tertiary/aromatic N) is 2. The maximum Gasteiger partial charge on any atom is 0.0352 e. The van der Waals surface area contributed by atoms with Gasteiger partial charge in [-0.2, -0.15) is 11.3 Å². The third kappa shape index (κ3) is 6.83. The van der Waals surface area contributed by atoms with E-state index in [4.69, 9.17) is 6.35 Å². The molecular formula is C43H42GeIrN2S-2. The van der Waals surface area contributed by atoms with Gasteiger partial charge in [0.15, 0.2) is 0 Å². The molecule has 1 saturated carbocycles. The summed E-state index contributed by atoms with van der Waals surface area (Å²) >= 11 is 0.0714. The third-order valence-corrected chi connectivity index (χ3v) is 15.5. The van der Waals surface area contributed by atoms with Crippen molar-refractivity contribution in [1.29, 1.82) is 0 Å². The molecule has 1 fully saturated rings. The number of aryl methyl sites for hydroxylation is 2. The maximum absolute atomic E-state index is 9.01. The molecule has 7 aromatic rings. The van der Waals surface area contributed by atoms with Crippen LogP contribution in [0.5, 0.6) is 0 Å². The van der Waals surface area contributed by atoms with E-state index in [0.29, 0.717) is 5.92 Å². The van der Waals surface area contributed by atoms with Crippen LogP contribution in [0.2, 0.25) is 17.3 Å². The maximum atomic E-state index is 9.01. The van der Waals surface area contributed by atoms with Crippen LogP contribution in [0.4, 0.5) is 0 Å². The molecule has 1 atom stereocenters. The topological polar surface area (TPSA) is 25.8 Å². The number of thiophene rings is 1. The fourth-order valence-corrected chi connectivity index (χ4v) is 11.9. The summed E-state index contributed by atoms with van der Waals surface area (Å²) in [4.78, 5) is 9.31. The van der Waals surface area contributed by atoms with Crippen molar-refractivity contribution in [2.45, 2.75) is 63.2 Å². The van der Waals surface area contributed by atoms with Crippen molar-refractivity contribution in [2.24, 2.45) is 5.92 Å². The molecule has 1 unspecified atom stereocenters.